The molecular weight excluding hydrogens is 226 g/mol. The number of nitrogens with two attached hydrogens (primary N) is 1. The number of nitrogens with zero attached hydrogens (tertiary/aromatic N) is 2. The Kier molecular flexibility index (Phi) is 3.67. The molecule has 0 bridgehead atoms. The molecule has 0 amide bonds. The highest BCUT2D eigenvalue weighted by Crippen LogP contribution is 2.26. The van der Waals surface area contributed by atoms with Gasteiger partial charge in [0.05, 0.1) is 6.61 Å². The van der Waals surface area contributed by atoms with Crippen LogP contribution >= 0.6 is 0 Å². The second kappa shape index (κ2) is 5.23. The molecule has 0 atom stereocenters. The molecule has 2 N–H and O–H groups in total. The minimum Gasteiger partial charge on any atom is -0.383 e. The van der Waals surface area contributed by atoms with Gasteiger partial charge in [-0.3, -0.25) is 0 Å². The minimum absolute atomic E-state index is 0.598. The molecule has 0 radical (unpaired) electrons. The summed E-state index contributed by atoms with van der Waals surface area (Å²) in [7, 11) is 1.69. The summed E-state index contributed by atoms with van der Waals surface area (Å²) in [5.41, 5.74) is 9.16. The Morgan fingerprint density at radius 1 is 1.39 bits per heavy atom. The molecule has 1 aromatic carbocycles. The molecule has 0 saturated heterocycles. The first-order valence-corrected chi connectivity index (χ1v) is 6.08. The highest BCUT2D eigenvalue weighted by molar-refractivity contribution is 5.71. The van der Waals surface area contributed by atoms with Gasteiger partial charge in [-0.2, -0.15) is 0 Å². The van der Waals surface area contributed by atoms with Crippen LogP contribution < -0.4 is 5.73 Å². The molecule has 4 nitrogen and oxygen atoms in total. The summed E-state index contributed by atoms with van der Waals surface area (Å²) < 4.78 is 7.15. The first-order chi connectivity index (χ1) is 8.67. The zero-order chi connectivity index (χ0) is 13.1. The molecule has 0 saturated carbocycles. The van der Waals surface area contributed by atoms with Gasteiger partial charge in [0.2, 0.25) is 0 Å². The summed E-state index contributed by atoms with van der Waals surface area (Å²) >= 11 is 0. The van der Waals surface area contributed by atoms with E-state index in [1.165, 1.54) is 0 Å². The third kappa shape index (κ3) is 2.24. The number of aromatic nitrogens is 2. The zero-order valence-electron chi connectivity index (χ0n) is 11.1. The summed E-state index contributed by atoms with van der Waals surface area (Å²) in [6.45, 7) is 5.47. The van der Waals surface area contributed by atoms with Crippen molar-refractivity contribution in [3.8, 4) is 11.3 Å². The normalized spacial score (nSPS) is 10.8. The van der Waals surface area contributed by atoms with E-state index in [1.54, 1.807) is 7.11 Å². The predicted octanol–water partition coefficient (Wildman–Crippen LogP) is 2.61. The van der Waals surface area contributed by atoms with E-state index in [-0.39, 0.29) is 0 Å². The average Bonchev–Trinajstić information content (AvgIpc) is 2.65. The lowest BCUT2D eigenvalue weighted by molar-refractivity contribution is 0.185. The van der Waals surface area contributed by atoms with Crippen LogP contribution in [0.25, 0.3) is 11.3 Å². The number of nitrogen functional groups attached to an aromatic ring is 1. The van der Waals surface area contributed by atoms with E-state index >= 15 is 0 Å². The van der Waals surface area contributed by atoms with Crippen molar-refractivity contribution < 1.29 is 4.74 Å². The molecule has 0 aliphatic rings. The average molecular weight is 245 g/mol. The van der Waals surface area contributed by atoms with Crippen molar-refractivity contribution in [3.63, 3.8) is 0 Å². The van der Waals surface area contributed by atoms with Gasteiger partial charge in [0.25, 0.3) is 0 Å². The summed E-state index contributed by atoms with van der Waals surface area (Å²) in [6, 6.07) is 8.13. The van der Waals surface area contributed by atoms with E-state index < -0.39 is 0 Å². The molecule has 0 aliphatic carbocycles. The van der Waals surface area contributed by atoms with Crippen LogP contribution in [0.15, 0.2) is 24.3 Å². The summed E-state index contributed by atoms with van der Waals surface area (Å²) in [4.78, 5) is 4.55. The van der Waals surface area contributed by atoms with E-state index in [2.05, 4.69) is 18.0 Å². The van der Waals surface area contributed by atoms with Gasteiger partial charge in [0.15, 0.2) is 0 Å². The summed E-state index contributed by atoms with van der Waals surface area (Å²) in [5, 5.41) is 0. The Bertz CT molecular complexity index is 546. The van der Waals surface area contributed by atoms with Gasteiger partial charge in [-0.05, 0) is 25.5 Å². The van der Waals surface area contributed by atoms with Crippen LogP contribution in [-0.4, -0.2) is 16.7 Å². The Balaban J connectivity index is 2.45. The fourth-order valence-corrected chi connectivity index (χ4v) is 2.17. The van der Waals surface area contributed by atoms with Crippen LogP contribution in [0.2, 0.25) is 0 Å². The van der Waals surface area contributed by atoms with Gasteiger partial charge in [-0.1, -0.05) is 18.2 Å². The van der Waals surface area contributed by atoms with Crippen molar-refractivity contribution in [2.45, 2.75) is 27.0 Å². The Hall–Kier alpha value is -1.81. The van der Waals surface area contributed by atoms with E-state index in [9.17, 15) is 0 Å². The van der Waals surface area contributed by atoms with Crippen molar-refractivity contribution >= 4 is 5.82 Å². The number of methoxy groups -OCH3 is 1. The quantitative estimate of drug-likeness (QED) is 0.900. The van der Waals surface area contributed by atoms with E-state index in [0.29, 0.717) is 6.61 Å². The Labute approximate surface area is 107 Å². The smallest absolute Gasteiger partial charge is 0.131 e. The largest absolute Gasteiger partial charge is 0.383 e. The fourth-order valence-electron chi connectivity index (χ4n) is 2.17. The second-order valence-corrected chi connectivity index (χ2v) is 4.27. The van der Waals surface area contributed by atoms with Gasteiger partial charge >= 0.3 is 0 Å². The van der Waals surface area contributed by atoms with Crippen LogP contribution in [0.3, 0.4) is 0 Å². The second-order valence-electron chi connectivity index (χ2n) is 4.27. The van der Waals surface area contributed by atoms with Gasteiger partial charge in [-0.15, -0.1) is 0 Å². The highest BCUT2D eigenvalue weighted by Gasteiger charge is 2.12. The maximum absolute atomic E-state index is 6.14. The van der Waals surface area contributed by atoms with Crippen molar-refractivity contribution in [1.82, 2.24) is 9.55 Å². The van der Waals surface area contributed by atoms with Crippen LogP contribution in [0, 0.1) is 6.92 Å². The number of rotatable bonds is 4. The molecule has 96 valence electrons. The molecule has 4 heteroatoms. The Morgan fingerprint density at radius 3 is 2.78 bits per heavy atom. The first-order valence-electron chi connectivity index (χ1n) is 6.08. The first kappa shape index (κ1) is 12.6. The van der Waals surface area contributed by atoms with Crippen LogP contribution in [-0.2, 0) is 17.9 Å². The van der Waals surface area contributed by atoms with Crippen molar-refractivity contribution in [3.05, 3.63) is 35.7 Å². The van der Waals surface area contributed by atoms with Gasteiger partial charge in [0.1, 0.15) is 17.3 Å². The molecule has 0 unspecified atom stereocenters. The lowest BCUT2D eigenvalue weighted by Crippen LogP contribution is -2.02. The van der Waals surface area contributed by atoms with Crippen molar-refractivity contribution in [2.24, 2.45) is 0 Å². The molecule has 1 aromatic heterocycles. The summed E-state index contributed by atoms with van der Waals surface area (Å²) in [5.74, 6) is 1.67. The van der Waals surface area contributed by atoms with Crippen molar-refractivity contribution in [1.29, 1.82) is 0 Å². The number of imidazole rings is 1. The van der Waals surface area contributed by atoms with E-state index in [0.717, 1.165) is 35.0 Å². The van der Waals surface area contributed by atoms with Gasteiger partial charge < -0.3 is 15.0 Å². The molecular formula is C14H19N3O. The lowest BCUT2D eigenvalue weighted by atomic mass is 10.1. The standard InChI is InChI=1S/C14H19N3O/c1-4-17-10(2)16-13(14(17)15)12-7-5-6-11(8-12)9-18-3/h5-8H,4,9,15H2,1-3H3. The van der Waals surface area contributed by atoms with E-state index in [4.69, 9.17) is 10.5 Å². The molecule has 0 fully saturated rings. The number of hydrogen-bond acceptors (Lipinski definition) is 3. The Morgan fingerprint density at radius 2 is 2.17 bits per heavy atom. The van der Waals surface area contributed by atoms with Crippen LogP contribution in [0.4, 0.5) is 5.82 Å². The highest BCUT2D eigenvalue weighted by atomic mass is 16.5. The molecule has 18 heavy (non-hydrogen) atoms. The number of aryl methyl sites for hydroxylation is 1. The maximum atomic E-state index is 6.14. The van der Waals surface area contributed by atoms with Crippen LogP contribution in [0.1, 0.15) is 18.3 Å². The zero-order valence-corrected chi connectivity index (χ0v) is 11.1. The lowest BCUT2D eigenvalue weighted by Gasteiger charge is -2.05. The minimum atomic E-state index is 0.598. The van der Waals surface area contributed by atoms with E-state index in [1.807, 2.05) is 29.7 Å². The third-order valence-corrected chi connectivity index (χ3v) is 3.03. The van der Waals surface area contributed by atoms with Crippen molar-refractivity contribution in [2.75, 3.05) is 12.8 Å². The number of anilines is 1. The molecule has 0 aliphatic heterocycles. The van der Waals surface area contributed by atoms with Gasteiger partial charge in [-0.25, -0.2) is 4.98 Å². The SMILES string of the molecule is CCn1c(C)nc(-c2cccc(COC)c2)c1N. The van der Waals surface area contributed by atoms with Crippen LogP contribution in [0.5, 0.6) is 0 Å². The topological polar surface area (TPSA) is 53.1 Å². The fraction of sp³-hybridized carbons (Fsp3) is 0.357. The number of hydrogen-bond donors (Lipinski definition) is 1. The molecule has 2 aromatic rings. The number of ether oxygens (including phenoxy) is 1. The van der Waals surface area contributed by atoms with Gasteiger partial charge in [0, 0.05) is 19.2 Å². The molecule has 1 heterocycles. The molecule has 2 rings (SSSR count). The monoisotopic (exact) mass is 245 g/mol. The third-order valence-electron chi connectivity index (χ3n) is 3.03. The number of benzene rings is 1. The molecule has 0 spiro atoms. The predicted molar refractivity (Wildman–Crippen MR) is 73.2 cm³/mol. The summed E-state index contributed by atoms with van der Waals surface area (Å²) in [6.07, 6.45) is 0. The maximum Gasteiger partial charge on any atom is 0.131 e.